The normalized spacial score (nSPS) is 11.4. The second-order valence-electron chi connectivity index (χ2n) is 5.17. The van der Waals surface area contributed by atoms with E-state index in [1.807, 2.05) is 0 Å². The van der Waals surface area contributed by atoms with Crippen LogP contribution in [0.3, 0.4) is 0 Å². The Morgan fingerprint density at radius 1 is 1.11 bits per heavy atom. The van der Waals surface area contributed by atoms with Gasteiger partial charge >= 0.3 is 6.18 Å². The van der Waals surface area contributed by atoms with Crippen LogP contribution in [0, 0.1) is 0 Å². The van der Waals surface area contributed by atoms with E-state index in [0.29, 0.717) is 0 Å². The van der Waals surface area contributed by atoms with Crippen LogP contribution in [0.2, 0.25) is 10.0 Å². The van der Waals surface area contributed by atoms with E-state index in [2.05, 4.69) is 15.0 Å². The Morgan fingerprint density at radius 3 is 2.44 bits per heavy atom. The van der Waals surface area contributed by atoms with Crippen molar-refractivity contribution in [2.45, 2.75) is 6.18 Å². The molecule has 2 heterocycles. The van der Waals surface area contributed by atoms with Crippen molar-refractivity contribution in [1.29, 1.82) is 0 Å². The van der Waals surface area contributed by atoms with Crippen molar-refractivity contribution in [2.75, 3.05) is 0 Å². The van der Waals surface area contributed by atoms with Gasteiger partial charge in [0.25, 0.3) is 5.56 Å². The number of H-pyrrole nitrogens is 1. The summed E-state index contributed by atoms with van der Waals surface area (Å²) in [6, 6.07) is 6.12. The van der Waals surface area contributed by atoms with Gasteiger partial charge in [-0.1, -0.05) is 23.2 Å². The molecule has 27 heavy (non-hydrogen) atoms. The number of nitrogens with one attached hydrogen (secondary N) is 1. The maximum atomic E-state index is 13.4. The number of halogens is 5. The third kappa shape index (κ3) is 4.15. The Hall–Kier alpha value is -2.78. The summed E-state index contributed by atoms with van der Waals surface area (Å²) in [4.78, 5) is 21.6. The predicted molar refractivity (Wildman–Crippen MR) is 91.3 cm³/mol. The lowest BCUT2D eigenvalue weighted by Crippen LogP contribution is -2.21. The summed E-state index contributed by atoms with van der Waals surface area (Å²) in [7, 11) is 0. The van der Waals surface area contributed by atoms with Gasteiger partial charge in [0.15, 0.2) is 11.5 Å². The number of benzene rings is 1. The van der Waals surface area contributed by atoms with Crippen molar-refractivity contribution in [3.05, 3.63) is 62.6 Å². The molecule has 2 N–H and O–H groups in total. The zero-order valence-electron chi connectivity index (χ0n) is 13.0. The van der Waals surface area contributed by atoms with Crippen molar-refractivity contribution in [3.63, 3.8) is 0 Å². The van der Waals surface area contributed by atoms with Crippen LogP contribution in [0.1, 0.15) is 5.69 Å². The second kappa shape index (κ2) is 7.09. The van der Waals surface area contributed by atoms with E-state index in [0.717, 1.165) is 6.20 Å². The summed E-state index contributed by atoms with van der Waals surface area (Å²) in [5.74, 6) is -1.81. The first-order valence-corrected chi connectivity index (χ1v) is 7.90. The number of hydrogen-bond acceptors (Lipinski definition) is 5. The standard InChI is InChI=1S/C16H8Cl2F3N3O3/c17-9-3-2-8(5-10(9)18)27-12-13(16(19,20)21)23-14(24-15(12)26)11-4-1-7(25)6-22-11/h1-6,25H,(H,23,24,26). The first kappa shape index (κ1) is 19.0. The number of alkyl halides is 3. The van der Waals surface area contributed by atoms with E-state index < -0.39 is 29.0 Å². The van der Waals surface area contributed by atoms with Crippen molar-refractivity contribution in [1.82, 2.24) is 15.0 Å². The van der Waals surface area contributed by atoms with Gasteiger partial charge in [0, 0.05) is 6.07 Å². The van der Waals surface area contributed by atoms with Gasteiger partial charge in [-0.25, -0.2) is 9.97 Å². The minimum absolute atomic E-state index is 0.0389. The lowest BCUT2D eigenvalue weighted by molar-refractivity contribution is -0.142. The summed E-state index contributed by atoms with van der Waals surface area (Å²) in [5.41, 5.74) is -2.79. The quantitative estimate of drug-likeness (QED) is 0.647. The summed E-state index contributed by atoms with van der Waals surface area (Å²) < 4.78 is 45.4. The molecule has 0 aliphatic carbocycles. The van der Waals surface area contributed by atoms with Crippen molar-refractivity contribution >= 4 is 23.2 Å². The summed E-state index contributed by atoms with van der Waals surface area (Å²) >= 11 is 11.5. The zero-order chi connectivity index (χ0) is 19.8. The molecule has 11 heteroatoms. The van der Waals surface area contributed by atoms with Crippen molar-refractivity contribution in [2.24, 2.45) is 0 Å². The molecule has 0 atom stereocenters. The highest BCUT2D eigenvalue weighted by molar-refractivity contribution is 6.42. The molecule has 1 aromatic carbocycles. The Kier molecular flexibility index (Phi) is 4.99. The molecule has 0 saturated heterocycles. The molecule has 6 nitrogen and oxygen atoms in total. The van der Waals surface area contributed by atoms with Gasteiger partial charge in [-0.15, -0.1) is 0 Å². The van der Waals surface area contributed by atoms with Gasteiger partial charge < -0.3 is 14.8 Å². The fraction of sp³-hybridized carbons (Fsp3) is 0.0625. The van der Waals surface area contributed by atoms with E-state index in [4.69, 9.17) is 27.9 Å². The first-order chi connectivity index (χ1) is 12.6. The van der Waals surface area contributed by atoms with Crippen LogP contribution in [-0.2, 0) is 6.18 Å². The fourth-order valence-electron chi connectivity index (χ4n) is 2.05. The molecule has 2 aromatic heterocycles. The molecule has 0 radical (unpaired) electrons. The summed E-state index contributed by atoms with van der Waals surface area (Å²) in [6.45, 7) is 0. The second-order valence-corrected chi connectivity index (χ2v) is 5.98. The lowest BCUT2D eigenvalue weighted by Gasteiger charge is -2.13. The lowest BCUT2D eigenvalue weighted by atomic mass is 10.3. The topological polar surface area (TPSA) is 88.1 Å². The fourth-order valence-corrected chi connectivity index (χ4v) is 2.34. The number of hydrogen-bond donors (Lipinski definition) is 2. The minimum Gasteiger partial charge on any atom is -0.506 e. The van der Waals surface area contributed by atoms with Gasteiger partial charge in [0.2, 0.25) is 5.75 Å². The molecule has 0 amide bonds. The minimum atomic E-state index is -4.98. The average molecular weight is 418 g/mol. The molecular weight excluding hydrogens is 410 g/mol. The van der Waals surface area contributed by atoms with Crippen molar-refractivity contribution < 1.29 is 23.0 Å². The number of aromatic hydroxyl groups is 1. The number of rotatable bonds is 3. The molecule has 3 aromatic rings. The molecule has 0 aliphatic rings. The van der Waals surface area contributed by atoms with E-state index >= 15 is 0 Å². The maximum Gasteiger partial charge on any atom is 0.437 e. The molecule has 140 valence electrons. The van der Waals surface area contributed by atoms with E-state index in [-0.39, 0.29) is 27.2 Å². The van der Waals surface area contributed by atoms with Crippen LogP contribution in [0.4, 0.5) is 13.2 Å². The van der Waals surface area contributed by atoms with Gasteiger partial charge in [0.1, 0.15) is 17.2 Å². The van der Waals surface area contributed by atoms with Gasteiger partial charge in [0.05, 0.1) is 16.2 Å². The van der Waals surface area contributed by atoms with Gasteiger partial charge in [-0.05, 0) is 24.3 Å². The molecule has 0 saturated carbocycles. The van der Waals surface area contributed by atoms with Crippen LogP contribution < -0.4 is 10.3 Å². The molecule has 0 spiro atoms. The monoisotopic (exact) mass is 417 g/mol. The molecule has 0 aliphatic heterocycles. The van der Waals surface area contributed by atoms with Crippen LogP contribution >= 0.6 is 23.2 Å². The zero-order valence-corrected chi connectivity index (χ0v) is 14.5. The molecule has 0 bridgehead atoms. The summed E-state index contributed by atoms with van der Waals surface area (Å²) in [6.07, 6.45) is -3.98. The number of ether oxygens (including phenoxy) is 1. The Morgan fingerprint density at radius 2 is 1.85 bits per heavy atom. The number of aromatic amines is 1. The molecular formula is C16H8Cl2F3N3O3. The number of aromatic nitrogens is 3. The Bertz CT molecular complexity index is 1050. The van der Waals surface area contributed by atoms with Gasteiger partial charge in [-0.2, -0.15) is 13.2 Å². The van der Waals surface area contributed by atoms with Crippen LogP contribution in [0.25, 0.3) is 11.5 Å². The predicted octanol–water partition coefficient (Wildman–Crippen LogP) is 4.66. The van der Waals surface area contributed by atoms with E-state index in [1.165, 1.54) is 30.3 Å². The first-order valence-electron chi connectivity index (χ1n) is 7.15. The van der Waals surface area contributed by atoms with Crippen LogP contribution in [0.5, 0.6) is 17.2 Å². The molecule has 0 fully saturated rings. The highest BCUT2D eigenvalue weighted by Gasteiger charge is 2.39. The largest absolute Gasteiger partial charge is 0.506 e. The van der Waals surface area contributed by atoms with E-state index in [1.54, 1.807) is 0 Å². The molecule has 0 unspecified atom stereocenters. The highest BCUT2D eigenvalue weighted by atomic mass is 35.5. The smallest absolute Gasteiger partial charge is 0.437 e. The third-order valence-electron chi connectivity index (χ3n) is 3.25. The molecule has 3 rings (SSSR count). The van der Waals surface area contributed by atoms with Crippen LogP contribution in [0.15, 0.2) is 41.3 Å². The maximum absolute atomic E-state index is 13.4. The number of pyridine rings is 1. The SMILES string of the molecule is O=c1[nH]c(-c2ccc(O)cn2)nc(C(F)(F)F)c1Oc1ccc(Cl)c(Cl)c1. The number of nitrogens with zero attached hydrogens (tertiary/aromatic N) is 2. The van der Waals surface area contributed by atoms with E-state index in [9.17, 15) is 23.1 Å². The van der Waals surface area contributed by atoms with Gasteiger partial charge in [-0.3, -0.25) is 4.79 Å². The Balaban J connectivity index is 2.11. The Labute approximate surface area is 159 Å². The highest BCUT2D eigenvalue weighted by Crippen LogP contribution is 2.36. The summed E-state index contributed by atoms with van der Waals surface area (Å²) in [5, 5.41) is 9.42. The van der Waals surface area contributed by atoms with Crippen molar-refractivity contribution in [3.8, 4) is 28.8 Å². The third-order valence-corrected chi connectivity index (χ3v) is 3.99. The van der Waals surface area contributed by atoms with Crippen LogP contribution in [-0.4, -0.2) is 20.1 Å². The average Bonchev–Trinajstić information content (AvgIpc) is 2.59.